The predicted molar refractivity (Wildman–Crippen MR) is 132 cm³/mol. The lowest BCUT2D eigenvalue weighted by Crippen LogP contribution is -2.40. The topological polar surface area (TPSA) is 153 Å². The van der Waals surface area contributed by atoms with E-state index < -0.39 is 17.8 Å². The average Bonchev–Trinajstić information content (AvgIpc) is 3.27. The Morgan fingerprint density at radius 2 is 1.86 bits per heavy atom. The van der Waals surface area contributed by atoms with E-state index in [1.54, 1.807) is 11.0 Å². The Balaban J connectivity index is 1.52. The van der Waals surface area contributed by atoms with E-state index in [0.717, 1.165) is 0 Å². The second-order valence-electron chi connectivity index (χ2n) is 8.05. The summed E-state index contributed by atoms with van der Waals surface area (Å²) in [5, 5.41) is 5.61. The van der Waals surface area contributed by atoms with Gasteiger partial charge in [-0.1, -0.05) is 11.6 Å². The smallest absolute Gasteiger partial charge is 0.356 e. The molecule has 0 saturated carbocycles. The van der Waals surface area contributed by atoms with Gasteiger partial charge in [-0.05, 0) is 30.7 Å². The molecule has 12 nitrogen and oxygen atoms in total. The number of morpholine rings is 1. The quantitative estimate of drug-likeness (QED) is 0.419. The summed E-state index contributed by atoms with van der Waals surface area (Å²) in [6.07, 6.45) is 1.87. The molecule has 194 valence electrons. The Morgan fingerprint density at radius 1 is 1.08 bits per heavy atom. The van der Waals surface area contributed by atoms with Gasteiger partial charge in [0.25, 0.3) is 5.91 Å². The molecule has 3 aromatic heterocycles. The van der Waals surface area contributed by atoms with Crippen molar-refractivity contribution in [3.8, 4) is 0 Å². The highest BCUT2D eigenvalue weighted by Gasteiger charge is 2.25. The lowest BCUT2D eigenvalue weighted by molar-refractivity contribution is -0.135. The number of pyridine rings is 2. The molecule has 0 bridgehead atoms. The number of carbonyl (C=O) groups excluding carboxylic acids is 4. The third-order valence-corrected chi connectivity index (χ3v) is 5.75. The first kappa shape index (κ1) is 26.0. The number of carbonyl (C=O) groups is 4. The van der Waals surface area contributed by atoms with Gasteiger partial charge in [0, 0.05) is 32.1 Å². The maximum atomic E-state index is 13.0. The van der Waals surface area contributed by atoms with Crippen LogP contribution in [0.15, 0.2) is 34.9 Å². The fraction of sp³-hybridized carbons (Fsp3) is 0.333. The fourth-order valence-corrected chi connectivity index (χ4v) is 3.78. The first-order valence-corrected chi connectivity index (χ1v) is 11.8. The Morgan fingerprint density at radius 3 is 2.57 bits per heavy atom. The van der Waals surface area contributed by atoms with Crippen LogP contribution >= 0.6 is 11.6 Å². The van der Waals surface area contributed by atoms with Crippen molar-refractivity contribution >= 4 is 57.9 Å². The van der Waals surface area contributed by atoms with Crippen molar-refractivity contribution in [3.05, 3.63) is 46.9 Å². The number of furan rings is 1. The molecule has 1 fully saturated rings. The van der Waals surface area contributed by atoms with E-state index in [4.69, 9.17) is 25.5 Å². The van der Waals surface area contributed by atoms with Crippen molar-refractivity contribution in [1.82, 2.24) is 14.9 Å². The summed E-state index contributed by atoms with van der Waals surface area (Å²) in [6.45, 7) is 2.05. The number of hydrogen-bond donors (Lipinski definition) is 2. The predicted octanol–water partition coefficient (Wildman–Crippen LogP) is 2.88. The van der Waals surface area contributed by atoms with Gasteiger partial charge in [-0.2, -0.15) is 0 Å². The molecule has 2 N–H and O–H groups in total. The van der Waals surface area contributed by atoms with Gasteiger partial charge in [-0.3, -0.25) is 14.4 Å². The van der Waals surface area contributed by atoms with Gasteiger partial charge in [0.05, 0.1) is 25.3 Å². The molecule has 0 aliphatic carbocycles. The molecule has 0 atom stereocenters. The number of ether oxygens (including phenoxy) is 2. The minimum absolute atomic E-state index is 0.0131. The molecule has 4 heterocycles. The number of esters is 1. The van der Waals surface area contributed by atoms with Crippen molar-refractivity contribution in [2.75, 3.05) is 44.0 Å². The van der Waals surface area contributed by atoms with Crippen molar-refractivity contribution in [3.63, 3.8) is 0 Å². The largest absolute Gasteiger partial charge is 0.464 e. The number of nitrogens with one attached hydrogen (secondary N) is 2. The molecule has 1 saturated heterocycles. The highest BCUT2D eigenvalue weighted by Crippen LogP contribution is 2.31. The van der Waals surface area contributed by atoms with Crippen molar-refractivity contribution in [2.45, 2.75) is 19.3 Å². The molecule has 0 aromatic carbocycles. The van der Waals surface area contributed by atoms with E-state index in [9.17, 15) is 19.2 Å². The van der Waals surface area contributed by atoms with E-state index in [2.05, 4.69) is 20.6 Å². The molecular formula is C24H24ClN5O7. The molecule has 4 rings (SSSR count). The number of nitrogens with zero attached hydrogens (tertiary/aromatic N) is 3. The molecule has 13 heteroatoms. The van der Waals surface area contributed by atoms with Crippen LogP contribution < -0.4 is 10.6 Å². The zero-order valence-electron chi connectivity index (χ0n) is 19.9. The van der Waals surface area contributed by atoms with E-state index >= 15 is 0 Å². The standard InChI is InChI=1S/C24H24ClN5O7/c1-35-24(34)15-6-7-16-20(27-15)21(22(37-16)23(33)28-17-8-5-14(25)13-26-17)29-18(31)3-2-4-19(32)30-9-11-36-12-10-30/h5-8,13H,2-4,9-12H2,1H3,(H,29,31)(H,26,28,33). The van der Waals surface area contributed by atoms with Crippen molar-refractivity contribution < 1.29 is 33.1 Å². The highest BCUT2D eigenvalue weighted by atomic mass is 35.5. The summed E-state index contributed by atoms with van der Waals surface area (Å²) < 4.78 is 15.6. The van der Waals surface area contributed by atoms with Crippen molar-refractivity contribution in [2.24, 2.45) is 0 Å². The maximum Gasteiger partial charge on any atom is 0.356 e. The van der Waals surface area contributed by atoms with Gasteiger partial charge >= 0.3 is 5.97 Å². The molecule has 1 aliphatic heterocycles. The Hall–Kier alpha value is -4.03. The molecule has 0 spiro atoms. The van der Waals surface area contributed by atoms with E-state index in [1.165, 1.54) is 31.5 Å². The molecule has 1 aliphatic rings. The summed E-state index contributed by atoms with van der Waals surface area (Å²) >= 11 is 5.84. The molecule has 0 unspecified atom stereocenters. The van der Waals surface area contributed by atoms with Crippen LogP contribution in [0.4, 0.5) is 11.5 Å². The number of halogens is 1. The third-order valence-electron chi connectivity index (χ3n) is 5.53. The Bertz CT molecular complexity index is 1320. The number of aromatic nitrogens is 2. The molecule has 3 amide bonds. The van der Waals surface area contributed by atoms with Gasteiger partial charge < -0.3 is 29.4 Å². The van der Waals surface area contributed by atoms with Gasteiger partial charge in [-0.25, -0.2) is 14.8 Å². The maximum absolute atomic E-state index is 13.0. The van der Waals surface area contributed by atoms with E-state index in [1.807, 2.05) is 0 Å². The second kappa shape index (κ2) is 11.8. The lowest BCUT2D eigenvalue weighted by Gasteiger charge is -2.26. The number of amides is 3. The average molecular weight is 530 g/mol. The molecular weight excluding hydrogens is 506 g/mol. The van der Waals surface area contributed by atoms with Crippen LogP contribution in [0.3, 0.4) is 0 Å². The van der Waals surface area contributed by atoms with Crippen LogP contribution in [0.25, 0.3) is 11.1 Å². The molecule has 37 heavy (non-hydrogen) atoms. The second-order valence-corrected chi connectivity index (χ2v) is 8.49. The third kappa shape index (κ3) is 6.40. The number of methoxy groups -OCH3 is 1. The van der Waals surface area contributed by atoms with Crippen LogP contribution in [0.2, 0.25) is 5.02 Å². The van der Waals surface area contributed by atoms with E-state index in [0.29, 0.717) is 37.7 Å². The van der Waals surface area contributed by atoms with Gasteiger partial charge in [0.15, 0.2) is 5.58 Å². The summed E-state index contributed by atoms with van der Waals surface area (Å²) in [7, 11) is 1.21. The first-order valence-electron chi connectivity index (χ1n) is 11.5. The normalized spacial score (nSPS) is 13.3. The fourth-order valence-electron chi connectivity index (χ4n) is 3.67. The monoisotopic (exact) mass is 529 g/mol. The summed E-state index contributed by atoms with van der Waals surface area (Å²) in [5.74, 6) is -1.94. The van der Waals surface area contributed by atoms with Crippen molar-refractivity contribution in [1.29, 1.82) is 0 Å². The zero-order chi connectivity index (χ0) is 26.4. The van der Waals surface area contributed by atoms with Gasteiger partial charge in [-0.15, -0.1) is 0 Å². The number of anilines is 2. The van der Waals surface area contributed by atoms with Crippen LogP contribution in [0.5, 0.6) is 0 Å². The Labute approximate surface area is 216 Å². The summed E-state index contributed by atoms with van der Waals surface area (Å²) in [4.78, 5) is 60.1. The number of rotatable bonds is 8. The number of fused-ring (bicyclic) bond motifs is 1. The first-order chi connectivity index (χ1) is 17.9. The van der Waals surface area contributed by atoms with Crippen LogP contribution in [-0.4, -0.2) is 72.0 Å². The lowest BCUT2D eigenvalue weighted by atomic mass is 10.2. The molecule has 3 aromatic rings. The van der Waals surface area contributed by atoms with Crippen LogP contribution in [0, 0.1) is 0 Å². The Kier molecular flexibility index (Phi) is 8.31. The summed E-state index contributed by atoms with van der Waals surface area (Å²) in [6, 6.07) is 5.87. The number of hydrogen-bond acceptors (Lipinski definition) is 9. The zero-order valence-corrected chi connectivity index (χ0v) is 20.7. The van der Waals surface area contributed by atoms with Gasteiger partial charge in [0.2, 0.25) is 17.6 Å². The highest BCUT2D eigenvalue weighted by molar-refractivity contribution is 6.30. The van der Waals surface area contributed by atoms with E-state index in [-0.39, 0.29) is 52.8 Å². The SMILES string of the molecule is COC(=O)c1ccc2oc(C(=O)Nc3ccc(Cl)cn3)c(NC(=O)CCCC(=O)N3CCOCC3)c2n1. The minimum Gasteiger partial charge on any atom is -0.464 e. The van der Waals surface area contributed by atoms with Crippen LogP contribution in [0.1, 0.15) is 40.3 Å². The van der Waals surface area contributed by atoms with Gasteiger partial charge in [0.1, 0.15) is 22.7 Å². The minimum atomic E-state index is -0.703. The molecule has 0 radical (unpaired) electrons. The van der Waals surface area contributed by atoms with Crippen LogP contribution in [-0.2, 0) is 19.1 Å². The summed E-state index contributed by atoms with van der Waals surface area (Å²) in [5.41, 5.74) is 0.208.